The minimum atomic E-state index is -0.210. The van der Waals surface area contributed by atoms with Gasteiger partial charge >= 0.3 is 0 Å². The van der Waals surface area contributed by atoms with Gasteiger partial charge in [0.2, 0.25) is 5.91 Å². The lowest BCUT2D eigenvalue weighted by Gasteiger charge is -2.10. The molecule has 0 saturated carbocycles. The molecule has 154 valence electrons. The van der Waals surface area contributed by atoms with Crippen LogP contribution in [-0.2, 0) is 16.3 Å². The first-order valence-corrected chi connectivity index (χ1v) is 10.7. The smallest absolute Gasteiger partial charge is 0.249 e. The largest absolute Gasteiger partial charge is 0.493 e. The van der Waals surface area contributed by atoms with E-state index >= 15 is 0 Å². The molecule has 0 atom stereocenters. The third-order valence-electron chi connectivity index (χ3n) is 4.91. The van der Waals surface area contributed by atoms with Gasteiger partial charge in [0.05, 0.1) is 25.6 Å². The Bertz CT molecular complexity index is 1100. The van der Waals surface area contributed by atoms with Crippen molar-refractivity contribution in [1.82, 2.24) is 9.78 Å². The molecule has 0 aliphatic carbocycles. The molecule has 0 fully saturated rings. The Morgan fingerprint density at radius 2 is 1.87 bits per heavy atom. The fraction of sp³-hybridized carbons (Fsp3) is 0.217. The Hall–Kier alpha value is -3.19. The van der Waals surface area contributed by atoms with E-state index in [9.17, 15) is 4.79 Å². The van der Waals surface area contributed by atoms with Crippen molar-refractivity contribution in [2.24, 2.45) is 0 Å². The van der Waals surface area contributed by atoms with Crippen LogP contribution in [0.3, 0.4) is 0 Å². The Morgan fingerprint density at radius 1 is 1.10 bits per heavy atom. The van der Waals surface area contributed by atoms with Crippen LogP contribution in [0.4, 0.5) is 5.82 Å². The van der Waals surface area contributed by atoms with Gasteiger partial charge in [0.1, 0.15) is 5.82 Å². The lowest BCUT2D eigenvalue weighted by Crippen LogP contribution is -2.13. The zero-order valence-corrected chi connectivity index (χ0v) is 18.0. The Labute approximate surface area is 179 Å². The van der Waals surface area contributed by atoms with E-state index in [-0.39, 0.29) is 5.91 Å². The molecule has 1 aromatic heterocycles. The summed E-state index contributed by atoms with van der Waals surface area (Å²) >= 11 is 1.80. The fourth-order valence-electron chi connectivity index (χ4n) is 3.30. The van der Waals surface area contributed by atoms with Crippen molar-refractivity contribution < 1.29 is 14.3 Å². The highest BCUT2D eigenvalue weighted by molar-refractivity contribution is 7.98. The Kier molecular flexibility index (Phi) is 5.81. The number of methoxy groups -OCH3 is 2. The molecular weight excluding hydrogens is 398 g/mol. The van der Waals surface area contributed by atoms with Crippen molar-refractivity contribution in [1.29, 1.82) is 0 Å². The fourth-order valence-corrected chi connectivity index (χ4v) is 4.34. The molecule has 1 aliphatic heterocycles. The van der Waals surface area contributed by atoms with Gasteiger partial charge in [0.25, 0.3) is 0 Å². The number of nitrogens with one attached hydrogen (secondary N) is 1. The molecule has 2 aromatic carbocycles. The molecule has 4 rings (SSSR count). The number of hydrogen-bond acceptors (Lipinski definition) is 5. The number of aryl methyl sites for hydroxylation is 1. The summed E-state index contributed by atoms with van der Waals surface area (Å²) in [5, 5.41) is 7.76. The highest BCUT2D eigenvalue weighted by Crippen LogP contribution is 2.36. The van der Waals surface area contributed by atoms with E-state index in [1.54, 1.807) is 32.1 Å². The zero-order chi connectivity index (χ0) is 21.1. The van der Waals surface area contributed by atoms with Gasteiger partial charge in [-0.05, 0) is 42.8 Å². The van der Waals surface area contributed by atoms with E-state index in [1.165, 1.54) is 11.6 Å². The SMILES string of the molecule is COc1ccc(/C=C/C(=O)Nc2c3c(nn2-c2ccc(C)cc2)CSC3)cc1OC. The summed E-state index contributed by atoms with van der Waals surface area (Å²) in [4.78, 5) is 12.7. The van der Waals surface area contributed by atoms with Gasteiger partial charge in [-0.15, -0.1) is 0 Å². The van der Waals surface area contributed by atoms with Crippen molar-refractivity contribution in [3.05, 3.63) is 70.9 Å². The molecule has 6 nitrogen and oxygen atoms in total. The first-order valence-electron chi connectivity index (χ1n) is 9.55. The maximum absolute atomic E-state index is 12.7. The van der Waals surface area contributed by atoms with Gasteiger partial charge < -0.3 is 14.8 Å². The van der Waals surface area contributed by atoms with Crippen molar-refractivity contribution in [2.75, 3.05) is 19.5 Å². The van der Waals surface area contributed by atoms with E-state index < -0.39 is 0 Å². The van der Waals surface area contributed by atoms with Crippen LogP contribution >= 0.6 is 11.8 Å². The predicted octanol–water partition coefficient (Wildman–Crippen LogP) is 4.60. The Morgan fingerprint density at radius 3 is 2.60 bits per heavy atom. The van der Waals surface area contributed by atoms with Gasteiger partial charge in [-0.2, -0.15) is 16.9 Å². The normalized spacial score (nSPS) is 12.8. The van der Waals surface area contributed by atoms with Crippen molar-refractivity contribution in [2.45, 2.75) is 18.4 Å². The van der Waals surface area contributed by atoms with E-state index in [0.717, 1.165) is 39.8 Å². The number of fused-ring (bicyclic) bond motifs is 1. The van der Waals surface area contributed by atoms with Crippen molar-refractivity contribution in [3.8, 4) is 17.2 Å². The summed E-state index contributed by atoms with van der Waals surface area (Å²) in [6.07, 6.45) is 3.26. The predicted molar refractivity (Wildman–Crippen MR) is 121 cm³/mol. The molecule has 0 unspecified atom stereocenters. The maximum atomic E-state index is 12.7. The standard InChI is InChI=1S/C23H23N3O3S/c1-15-4-8-17(9-5-15)26-23(18-13-30-14-19(18)25-26)24-22(27)11-7-16-6-10-20(28-2)21(12-16)29-3/h4-12H,13-14H2,1-3H3,(H,24,27)/b11-7+. The second-order valence-corrected chi connectivity index (χ2v) is 7.94. The van der Waals surface area contributed by atoms with E-state index in [1.807, 2.05) is 54.1 Å². The summed E-state index contributed by atoms with van der Waals surface area (Å²) in [6, 6.07) is 13.6. The third kappa shape index (κ3) is 4.07. The lowest BCUT2D eigenvalue weighted by molar-refractivity contribution is -0.111. The molecule has 0 radical (unpaired) electrons. The van der Waals surface area contributed by atoms with Gasteiger partial charge in [0.15, 0.2) is 11.5 Å². The molecule has 0 bridgehead atoms. The number of nitrogens with zero attached hydrogens (tertiary/aromatic N) is 2. The molecule has 1 N–H and O–H groups in total. The number of carbonyl (C=O) groups is 1. The average Bonchev–Trinajstić information content (AvgIpc) is 3.35. The van der Waals surface area contributed by atoms with E-state index in [2.05, 4.69) is 5.32 Å². The van der Waals surface area contributed by atoms with Crippen LogP contribution in [0, 0.1) is 6.92 Å². The quantitative estimate of drug-likeness (QED) is 0.590. The molecule has 2 heterocycles. The molecule has 3 aromatic rings. The number of benzene rings is 2. The molecular formula is C23H23N3O3S. The van der Waals surface area contributed by atoms with E-state index in [0.29, 0.717) is 11.5 Å². The molecule has 0 saturated heterocycles. The average molecular weight is 422 g/mol. The lowest BCUT2D eigenvalue weighted by atomic mass is 10.2. The van der Waals surface area contributed by atoms with Crippen LogP contribution in [0.2, 0.25) is 0 Å². The van der Waals surface area contributed by atoms with Crippen LogP contribution in [0.5, 0.6) is 11.5 Å². The number of hydrogen-bond donors (Lipinski definition) is 1. The number of rotatable bonds is 6. The monoisotopic (exact) mass is 421 g/mol. The maximum Gasteiger partial charge on any atom is 0.249 e. The number of ether oxygens (including phenoxy) is 2. The first kappa shape index (κ1) is 20.1. The van der Waals surface area contributed by atoms with Gasteiger partial charge in [-0.3, -0.25) is 4.79 Å². The summed E-state index contributed by atoms with van der Waals surface area (Å²) in [5.41, 5.74) is 5.07. The van der Waals surface area contributed by atoms with Crippen LogP contribution in [0.1, 0.15) is 22.4 Å². The highest BCUT2D eigenvalue weighted by Gasteiger charge is 2.24. The van der Waals surface area contributed by atoms with Crippen LogP contribution in [0.15, 0.2) is 48.5 Å². The molecule has 7 heteroatoms. The summed E-state index contributed by atoms with van der Waals surface area (Å²) < 4.78 is 12.4. The molecule has 1 amide bonds. The Balaban J connectivity index is 1.58. The van der Waals surface area contributed by atoms with E-state index in [4.69, 9.17) is 14.6 Å². The topological polar surface area (TPSA) is 65.4 Å². The third-order valence-corrected chi connectivity index (χ3v) is 5.88. The summed E-state index contributed by atoms with van der Waals surface area (Å²) in [6.45, 7) is 2.05. The number of amides is 1. The first-order chi connectivity index (χ1) is 14.6. The summed E-state index contributed by atoms with van der Waals surface area (Å²) in [5.74, 6) is 3.49. The van der Waals surface area contributed by atoms with Gasteiger partial charge in [-0.25, -0.2) is 4.68 Å². The minimum Gasteiger partial charge on any atom is -0.493 e. The second-order valence-electron chi connectivity index (χ2n) is 6.95. The van der Waals surface area contributed by atoms with Crippen LogP contribution < -0.4 is 14.8 Å². The highest BCUT2D eigenvalue weighted by atomic mass is 32.2. The van der Waals surface area contributed by atoms with Gasteiger partial charge in [0, 0.05) is 23.1 Å². The number of thioether (sulfide) groups is 1. The molecule has 1 aliphatic rings. The zero-order valence-electron chi connectivity index (χ0n) is 17.1. The van der Waals surface area contributed by atoms with Gasteiger partial charge in [-0.1, -0.05) is 23.8 Å². The second kappa shape index (κ2) is 8.67. The summed E-state index contributed by atoms with van der Waals surface area (Å²) in [7, 11) is 3.18. The number of aromatic nitrogens is 2. The number of anilines is 1. The van der Waals surface area contributed by atoms with Crippen molar-refractivity contribution >= 4 is 29.6 Å². The van der Waals surface area contributed by atoms with Crippen LogP contribution in [0.25, 0.3) is 11.8 Å². The number of carbonyl (C=O) groups excluding carboxylic acids is 1. The minimum absolute atomic E-state index is 0.210. The van der Waals surface area contributed by atoms with Crippen LogP contribution in [-0.4, -0.2) is 29.9 Å². The molecule has 30 heavy (non-hydrogen) atoms. The molecule has 0 spiro atoms. The van der Waals surface area contributed by atoms with Crippen molar-refractivity contribution in [3.63, 3.8) is 0 Å².